The van der Waals surface area contributed by atoms with Crippen LogP contribution in [0, 0.1) is 25.2 Å². The number of nitrogens with zero attached hydrogens (tertiary/aromatic N) is 3. The molecule has 1 fully saturated rings. The molecule has 0 unspecified atom stereocenters. The Balaban J connectivity index is 1.33. The molecule has 8 nitrogen and oxygen atoms in total. The Morgan fingerprint density at radius 2 is 1.66 bits per heavy atom. The third-order valence-corrected chi connectivity index (χ3v) is 7.77. The number of aryl methyl sites for hydroxylation is 2. The lowest BCUT2D eigenvalue weighted by Crippen LogP contribution is -2.48. The highest BCUT2D eigenvalue weighted by atomic mass is 32.2. The number of nitriles is 1. The van der Waals surface area contributed by atoms with Gasteiger partial charge in [0.15, 0.2) is 0 Å². The molecule has 0 atom stereocenters. The molecule has 0 radical (unpaired) electrons. The highest BCUT2D eigenvalue weighted by Crippen LogP contribution is 2.19. The minimum absolute atomic E-state index is 0.159. The van der Waals surface area contributed by atoms with Gasteiger partial charge in [-0.3, -0.25) is 9.69 Å². The van der Waals surface area contributed by atoms with Gasteiger partial charge >= 0.3 is 0 Å². The molecule has 0 bridgehead atoms. The molecular formula is C26H27N3O5S. The lowest BCUT2D eigenvalue weighted by Gasteiger charge is -2.33. The first kappa shape index (κ1) is 24.7. The van der Waals surface area contributed by atoms with Crippen LogP contribution in [0.25, 0.3) is 0 Å². The first-order valence-electron chi connectivity index (χ1n) is 11.3. The van der Waals surface area contributed by atoms with Gasteiger partial charge in [0.05, 0.1) is 23.1 Å². The molecule has 9 heteroatoms. The largest absolute Gasteiger partial charge is 0.482 e. The van der Waals surface area contributed by atoms with Crippen molar-refractivity contribution in [2.75, 3.05) is 26.2 Å². The van der Waals surface area contributed by atoms with Crippen molar-refractivity contribution in [3.63, 3.8) is 0 Å². The summed E-state index contributed by atoms with van der Waals surface area (Å²) in [6.07, 6.45) is 1.34. The van der Waals surface area contributed by atoms with E-state index in [9.17, 15) is 13.2 Å². The molecular weight excluding hydrogens is 466 g/mol. The maximum Gasteiger partial charge on any atom is 0.243 e. The molecule has 2 aromatic carbocycles. The summed E-state index contributed by atoms with van der Waals surface area (Å²) in [6, 6.07) is 15.4. The Morgan fingerprint density at radius 1 is 1.00 bits per heavy atom. The van der Waals surface area contributed by atoms with Crippen LogP contribution in [0.2, 0.25) is 0 Å². The normalized spacial score (nSPS) is 15.0. The van der Waals surface area contributed by atoms with Gasteiger partial charge in [0.25, 0.3) is 0 Å². The van der Waals surface area contributed by atoms with E-state index in [4.69, 9.17) is 14.4 Å². The molecule has 1 aliphatic rings. The van der Waals surface area contributed by atoms with Gasteiger partial charge in [-0.05, 0) is 43.7 Å². The Hall–Kier alpha value is -3.45. The van der Waals surface area contributed by atoms with Crippen LogP contribution in [-0.4, -0.2) is 43.8 Å². The molecule has 0 aliphatic carbocycles. The van der Waals surface area contributed by atoms with E-state index in [0.29, 0.717) is 44.0 Å². The standard InChI is InChI=1S/C26H27N3O5S/c1-19-11-20(2)13-22(12-19)17-34-26-18-33-23(14-25(26)30)16-28-7-9-29(10-8-28)35(31,32)24-5-3-21(15-27)4-6-24/h3-6,11-14,18H,7-10,16-17H2,1-2H3. The lowest BCUT2D eigenvalue weighted by molar-refractivity contribution is 0.169. The molecule has 3 aromatic rings. The van der Waals surface area contributed by atoms with Crippen molar-refractivity contribution in [3.8, 4) is 11.8 Å². The highest BCUT2D eigenvalue weighted by Gasteiger charge is 2.28. The van der Waals surface area contributed by atoms with Gasteiger partial charge in [0.2, 0.25) is 21.2 Å². The smallest absolute Gasteiger partial charge is 0.243 e. The quantitative estimate of drug-likeness (QED) is 0.498. The Morgan fingerprint density at radius 3 is 2.26 bits per heavy atom. The third kappa shape index (κ3) is 5.98. The fourth-order valence-electron chi connectivity index (χ4n) is 4.14. The van der Waals surface area contributed by atoms with E-state index in [1.54, 1.807) is 0 Å². The Kier molecular flexibility index (Phi) is 7.36. The van der Waals surface area contributed by atoms with Crippen molar-refractivity contribution in [1.29, 1.82) is 5.26 Å². The molecule has 2 heterocycles. The molecule has 182 valence electrons. The van der Waals surface area contributed by atoms with Gasteiger partial charge in [0.1, 0.15) is 18.6 Å². The summed E-state index contributed by atoms with van der Waals surface area (Å²) < 4.78 is 38.5. The molecule has 0 saturated carbocycles. The fourth-order valence-corrected chi connectivity index (χ4v) is 5.56. The molecule has 0 amide bonds. The molecule has 1 aliphatic heterocycles. The number of hydrogen-bond donors (Lipinski definition) is 0. The van der Waals surface area contributed by atoms with E-state index in [2.05, 4.69) is 6.07 Å². The van der Waals surface area contributed by atoms with Crippen LogP contribution in [0.3, 0.4) is 0 Å². The number of piperazine rings is 1. The third-order valence-electron chi connectivity index (χ3n) is 5.86. The van der Waals surface area contributed by atoms with E-state index < -0.39 is 10.0 Å². The predicted octanol–water partition coefficient (Wildman–Crippen LogP) is 3.21. The van der Waals surface area contributed by atoms with E-state index >= 15 is 0 Å². The van der Waals surface area contributed by atoms with Gasteiger partial charge < -0.3 is 9.15 Å². The summed E-state index contributed by atoms with van der Waals surface area (Å²) >= 11 is 0. The van der Waals surface area contributed by atoms with Gasteiger partial charge in [-0.15, -0.1) is 0 Å². The summed E-state index contributed by atoms with van der Waals surface area (Å²) in [5.74, 6) is 0.656. The molecule has 0 N–H and O–H groups in total. The summed E-state index contributed by atoms with van der Waals surface area (Å²) in [5, 5.41) is 8.91. The first-order valence-corrected chi connectivity index (χ1v) is 12.7. The number of sulfonamides is 1. The van der Waals surface area contributed by atoms with Gasteiger partial charge in [-0.2, -0.15) is 9.57 Å². The van der Waals surface area contributed by atoms with Crippen LogP contribution in [-0.2, 0) is 23.2 Å². The molecule has 1 aromatic heterocycles. The van der Waals surface area contributed by atoms with E-state index in [0.717, 1.165) is 16.7 Å². The van der Waals surface area contributed by atoms with E-state index in [-0.39, 0.29) is 22.7 Å². The molecule has 4 rings (SSSR count). The second-order valence-electron chi connectivity index (χ2n) is 8.68. The number of ether oxygens (including phenoxy) is 1. The average Bonchev–Trinajstić information content (AvgIpc) is 2.83. The summed E-state index contributed by atoms with van der Waals surface area (Å²) in [4.78, 5) is 14.7. The van der Waals surface area contributed by atoms with Crippen molar-refractivity contribution in [1.82, 2.24) is 9.21 Å². The van der Waals surface area contributed by atoms with E-state index in [1.807, 2.05) is 36.9 Å². The van der Waals surface area contributed by atoms with Crippen molar-refractivity contribution in [2.45, 2.75) is 31.9 Å². The van der Waals surface area contributed by atoms with Crippen molar-refractivity contribution < 1.29 is 17.6 Å². The number of hydrogen-bond acceptors (Lipinski definition) is 7. The van der Waals surface area contributed by atoms with Crippen LogP contribution in [0.5, 0.6) is 5.75 Å². The Bertz CT molecular complexity index is 1380. The monoisotopic (exact) mass is 493 g/mol. The highest BCUT2D eigenvalue weighted by molar-refractivity contribution is 7.89. The van der Waals surface area contributed by atoms with Crippen LogP contribution in [0.1, 0.15) is 28.0 Å². The van der Waals surface area contributed by atoms with Crippen LogP contribution >= 0.6 is 0 Å². The summed E-state index contributed by atoms with van der Waals surface area (Å²) in [5.41, 5.74) is 3.42. The minimum atomic E-state index is -3.62. The fraction of sp³-hybridized carbons (Fsp3) is 0.308. The zero-order valence-electron chi connectivity index (χ0n) is 19.7. The molecule has 35 heavy (non-hydrogen) atoms. The lowest BCUT2D eigenvalue weighted by atomic mass is 10.1. The predicted molar refractivity (Wildman–Crippen MR) is 130 cm³/mol. The van der Waals surface area contributed by atoms with Crippen LogP contribution < -0.4 is 10.2 Å². The SMILES string of the molecule is Cc1cc(C)cc(COc2coc(CN3CCN(S(=O)(=O)c4ccc(C#N)cc4)CC3)cc2=O)c1. The number of rotatable bonds is 7. The second-order valence-corrected chi connectivity index (χ2v) is 10.6. The summed E-state index contributed by atoms with van der Waals surface area (Å²) in [6.45, 7) is 6.37. The average molecular weight is 494 g/mol. The topological polar surface area (TPSA) is 104 Å². The summed E-state index contributed by atoms with van der Waals surface area (Å²) in [7, 11) is -3.62. The van der Waals surface area contributed by atoms with Gasteiger partial charge in [-0.1, -0.05) is 29.3 Å². The zero-order chi connectivity index (χ0) is 25.0. The second kappa shape index (κ2) is 10.4. The Labute approximate surface area is 205 Å². The van der Waals surface area contributed by atoms with Gasteiger partial charge in [0, 0.05) is 32.2 Å². The maximum atomic E-state index is 12.9. The van der Waals surface area contributed by atoms with Crippen molar-refractivity contribution in [2.24, 2.45) is 0 Å². The van der Waals surface area contributed by atoms with Crippen molar-refractivity contribution >= 4 is 10.0 Å². The minimum Gasteiger partial charge on any atom is -0.482 e. The van der Waals surface area contributed by atoms with Crippen LogP contribution in [0.15, 0.2) is 68.9 Å². The van der Waals surface area contributed by atoms with Crippen molar-refractivity contribution in [3.05, 3.63) is 93.0 Å². The maximum absolute atomic E-state index is 12.9. The number of benzene rings is 2. The van der Waals surface area contributed by atoms with Gasteiger partial charge in [-0.25, -0.2) is 8.42 Å². The van der Waals surface area contributed by atoms with E-state index in [1.165, 1.54) is 40.9 Å². The zero-order valence-corrected chi connectivity index (χ0v) is 20.5. The van der Waals surface area contributed by atoms with Crippen LogP contribution in [0.4, 0.5) is 0 Å². The molecule has 0 spiro atoms. The molecule has 1 saturated heterocycles. The first-order chi connectivity index (χ1) is 16.7.